The number of anilines is 1. The van der Waals surface area contributed by atoms with Crippen molar-refractivity contribution in [1.29, 1.82) is 5.26 Å². The van der Waals surface area contributed by atoms with Crippen LogP contribution in [0.2, 0.25) is 0 Å². The lowest BCUT2D eigenvalue weighted by Gasteiger charge is -2.24. The van der Waals surface area contributed by atoms with Crippen molar-refractivity contribution >= 4 is 17.6 Å². The Morgan fingerprint density at radius 1 is 1.19 bits per heavy atom. The van der Waals surface area contributed by atoms with Crippen LogP contribution in [0.15, 0.2) is 24.3 Å². The topological polar surface area (TPSA) is 90.2 Å². The van der Waals surface area contributed by atoms with Gasteiger partial charge >= 0.3 is 5.97 Å². The van der Waals surface area contributed by atoms with Gasteiger partial charge in [0.2, 0.25) is 5.91 Å². The van der Waals surface area contributed by atoms with Crippen molar-refractivity contribution in [3.8, 4) is 6.07 Å². The number of hydrogen-bond acceptors (Lipinski definition) is 3. The Bertz CT molecular complexity index is 538. The molecule has 5 nitrogen and oxygen atoms in total. The number of nitriles is 1. The lowest BCUT2D eigenvalue weighted by atomic mass is 9.79. The molecule has 0 radical (unpaired) electrons. The fraction of sp³-hybridized carbons (Fsp3) is 0.438. The molecule has 0 aliphatic heterocycles. The molecule has 0 unspecified atom stereocenters. The molecule has 0 saturated carbocycles. The highest BCUT2D eigenvalue weighted by atomic mass is 16.4. The van der Waals surface area contributed by atoms with E-state index in [9.17, 15) is 14.9 Å². The lowest BCUT2D eigenvalue weighted by molar-refractivity contribution is -0.123. The van der Waals surface area contributed by atoms with E-state index in [2.05, 4.69) is 11.4 Å². The number of carboxylic acids is 1. The summed E-state index contributed by atoms with van der Waals surface area (Å²) in [5.74, 6) is -1.34. The highest BCUT2D eigenvalue weighted by molar-refractivity contribution is 5.97. The number of nitrogens with one attached hydrogen (secondary N) is 1. The molecule has 1 rings (SSSR count). The maximum Gasteiger partial charge on any atom is 0.335 e. The zero-order valence-electron chi connectivity index (χ0n) is 12.3. The average molecular weight is 288 g/mol. The van der Waals surface area contributed by atoms with Crippen LogP contribution in [0.1, 0.15) is 49.9 Å². The van der Waals surface area contributed by atoms with E-state index in [1.807, 2.05) is 13.8 Å². The second kappa shape index (κ2) is 7.44. The molecular formula is C16H20N2O3. The summed E-state index contributed by atoms with van der Waals surface area (Å²) in [4.78, 5) is 23.2. The molecule has 0 atom stereocenters. The maximum absolute atomic E-state index is 12.4. The Kier molecular flexibility index (Phi) is 5.92. The van der Waals surface area contributed by atoms with Crippen molar-refractivity contribution in [2.45, 2.75) is 39.5 Å². The summed E-state index contributed by atoms with van der Waals surface area (Å²) in [6, 6.07) is 8.06. The van der Waals surface area contributed by atoms with Gasteiger partial charge in [-0.3, -0.25) is 4.79 Å². The van der Waals surface area contributed by atoms with Crippen LogP contribution in [0, 0.1) is 16.7 Å². The van der Waals surface area contributed by atoms with E-state index in [1.54, 1.807) is 0 Å². The van der Waals surface area contributed by atoms with Crippen molar-refractivity contribution in [2.24, 2.45) is 5.41 Å². The van der Waals surface area contributed by atoms with E-state index in [1.165, 1.54) is 24.3 Å². The Morgan fingerprint density at radius 2 is 1.71 bits per heavy atom. The van der Waals surface area contributed by atoms with Crippen molar-refractivity contribution in [3.05, 3.63) is 29.8 Å². The minimum atomic E-state index is -1.02. The highest BCUT2D eigenvalue weighted by Gasteiger charge is 2.36. The number of rotatable bonds is 7. The minimum Gasteiger partial charge on any atom is -0.478 e. The molecule has 0 bridgehead atoms. The summed E-state index contributed by atoms with van der Waals surface area (Å²) < 4.78 is 0. The number of nitrogens with zero attached hydrogens (tertiary/aromatic N) is 1. The van der Waals surface area contributed by atoms with Crippen molar-refractivity contribution < 1.29 is 14.7 Å². The monoisotopic (exact) mass is 288 g/mol. The first-order valence-corrected chi connectivity index (χ1v) is 7.05. The average Bonchev–Trinajstić information content (AvgIpc) is 2.47. The van der Waals surface area contributed by atoms with Gasteiger partial charge in [0.25, 0.3) is 0 Å². The predicted octanol–water partition coefficient (Wildman–Crippen LogP) is 3.43. The first kappa shape index (κ1) is 16.7. The zero-order valence-corrected chi connectivity index (χ0v) is 12.3. The van der Waals surface area contributed by atoms with E-state index in [0.29, 0.717) is 18.5 Å². The van der Waals surface area contributed by atoms with Gasteiger partial charge in [-0.25, -0.2) is 4.79 Å². The van der Waals surface area contributed by atoms with Gasteiger partial charge in [0.15, 0.2) is 0 Å². The predicted molar refractivity (Wildman–Crippen MR) is 79.9 cm³/mol. The van der Waals surface area contributed by atoms with Gasteiger partial charge < -0.3 is 10.4 Å². The fourth-order valence-electron chi connectivity index (χ4n) is 2.32. The molecule has 0 aliphatic carbocycles. The number of carboxylic acid groups (broad SMARTS) is 1. The third-order valence-corrected chi connectivity index (χ3v) is 3.39. The van der Waals surface area contributed by atoms with Gasteiger partial charge in [-0.05, 0) is 37.1 Å². The third kappa shape index (κ3) is 4.06. The second-order valence-electron chi connectivity index (χ2n) is 5.03. The molecule has 1 aromatic rings. The fourth-order valence-corrected chi connectivity index (χ4v) is 2.32. The summed E-state index contributed by atoms with van der Waals surface area (Å²) in [7, 11) is 0. The Balaban J connectivity index is 2.91. The molecule has 21 heavy (non-hydrogen) atoms. The van der Waals surface area contributed by atoms with Crippen LogP contribution in [0.3, 0.4) is 0 Å². The summed E-state index contributed by atoms with van der Waals surface area (Å²) in [6.45, 7) is 3.88. The first-order chi connectivity index (χ1) is 9.99. The van der Waals surface area contributed by atoms with Gasteiger partial charge in [-0.15, -0.1) is 0 Å². The van der Waals surface area contributed by atoms with E-state index in [0.717, 1.165) is 12.8 Å². The number of carbonyl (C=O) groups is 2. The Labute approximate surface area is 124 Å². The van der Waals surface area contributed by atoms with Crippen LogP contribution in [-0.4, -0.2) is 17.0 Å². The Morgan fingerprint density at radius 3 is 2.10 bits per heavy atom. The smallest absolute Gasteiger partial charge is 0.335 e. The van der Waals surface area contributed by atoms with Crippen LogP contribution in [0.4, 0.5) is 5.69 Å². The van der Waals surface area contributed by atoms with Gasteiger partial charge in [0.1, 0.15) is 5.41 Å². The van der Waals surface area contributed by atoms with Crippen molar-refractivity contribution in [2.75, 3.05) is 5.32 Å². The summed E-state index contributed by atoms with van der Waals surface area (Å²) in [6.07, 6.45) is 2.52. The van der Waals surface area contributed by atoms with Crippen LogP contribution in [-0.2, 0) is 4.79 Å². The number of amides is 1. The first-order valence-electron chi connectivity index (χ1n) is 7.05. The van der Waals surface area contributed by atoms with Crippen LogP contribution in [0.5, 0.6) is 0 Å². The number of hydrogen-bond donors (Lipinski definition) is 2. The van der Waals surface area contributed by atoms with Gasteiger partial charge in [0.05, 0.1) is 11.6 Å². The van der Waals surface area contributed by atoms with Gasteiger partial charge in [-0.1, -0.05) is 26.7 Å². The van der Waals surface area contributed by atoms with Crippen molar-refractivity contribution in [3.63, 3.8) is 0 Å². The van der Waals surface area contributed by atoms with Crippen LogP contribution < -0.4 is 5.32 Å². The molecule has 1 aromatic carbocycles. The molecule has 2 N–H and O–H groups in total. The summed E-state index contributed by atoms with van der Waals surface area (Å²) in [5.41, 5.74) is -0.367. The summed E-state index contributed by atoms with van der Waals surface area (Å²) >= 11 is 0. The standard InChI is InChI=1S/C16H20N2O3/c1-3-9-16(11-17,10-4-2)15(21)18-13-7-5-12(6-8-13)14(19)20/h5-8H,3-4,9-10H2,1-2H3,(H,18,21)(H,19,20). The zero-order chi connectivity index (χ0) is 15.9. The maximum atomic E-state index is 12.4. The van der Waals surface area contributed by atoms with E-state index >= 15 is 0 Å². The summed E-state index contributed by atoms with van der Waals surface area (Å²) in [5, 5.41) is 21.0. The quantitative estimate of drug-likeness (QED) is 0.804. The number of benzene rings is 1. The third-order valence-electron chi connectivity index (χ3n) is 3.39. The molecule has 1 amide bonds. The normalized spacial score (nSPS) is 10.7. The number of aromatic carboxylic acids is 1. The molecule has 0 spiro atoms. The lowest BCUT2D eigenvalue weighted by Crippen LogP contribution is -2.35. The Hall–Kier alpha value is -2.35. The number of carbonyl (C=O) groups excluding carboxylic acids is 1. The molecule has 0 heterocycles. The molecule has 0 fully saturated rings. The molecular weight excluding hydrogens is 268 g/mol. The van der Waals surface area contributed by atoms with Crippen LogP contribution >= 0.6 is 0 Å². The molecule has 112 valence electrons. The highest BCUT2D eigenvalue weighted by Crippen LogP contribution is 2.30. The molecule has 0 aromatic heterocycles. The molecule has 0 aliphatic rings. The van der Waals surface area contributed by atoms with Gasteiger partial charge in [-0.2, -0.15) is 5.26 Å². The largest absolute Gasteiger partial charge is 0.478 e. The van der Waals surface area contributed by atoms with Crippen molar-refractivity contribution in [1.82, 2.24) is 0 Å². The minimum absolute atomic E-state index is 0.154. The van der Waals surface area contributed by atoms with Gasteiger partial charge in [0, 0.05) is 5.69 Å². The molecule has 0 saturated heterocycles. The van der Waals surface area contributed by atoms with E-state index in [4.69, 9.17) is 5.11 Å². The van der Waals surface area contributed by atoms with E-state index < -0.39 is 11.4 Å². The molecule has 5 heteroatoms. The SMILES string of the molecule is CCCC(C#N)(CCC)C(=O)Nc1ccc(C(=O)O)cc1. The second-order valence-corrected chi connectivity index (χ2v) is 5.03. The van der Waals surface area contributed by atoms with E-state index in [-0.39, 0.29) is 11.5 Å². The van der Waals surface area contributed by atoms with Crippen LogP contribution in [0.25, 0.3) is 0 Å².